The molecule has 2 aromatic rings. The second-order valence-corrected chi connectivity index (χ2v) is 7.07. The van der Waals surface area contributed by atoms with E-state index in [4.69, 9.17) is 4.42 Å². The van der Waals surface area contributed by atoms with E-state index in [9.17, 15) is 4.39 Å². The molecule has 3 rings (SSSR count). The van der Waals surface area contributed by atoms with Gasteiger partial charge in [0.15, 0.2) is 11.4 Å². The Bertz CT molecular complexity index is 621. The summed E-state index contributed by atoms with van der Waals surface area (Å²) >= 11 is 0. The summed E-state index contributed by atoms with van der Waals surface area (Å²) in [7, 11) is 1.97. The van der Waals surface area contributed by atoms with Crippen LogP contribution in [0.15, 0.2) is 28.7 Å². The van der Waals surface area contributed by atoms with E-state index in [1.165, 1.54) is 31.7 Å². The van der Waals surface area contributed by atoms with E-state index in [2.05, 4.69) is 19.2 Å². The van der Waals surface area contributed by atoms with Gasteiger partial charge in [-0.2, -0.15) is 0 Å². The van der Waals surface area contributed by atoms with Crippen molar-refractivity contribution >= 4 is 11.0 Å². The zero-order chi connectivity index (χ0) is 15.0. The zero-order valence-corrected chi connectivity index (χ0v) is 13.1. The zero-order valence-electron chi connectivity index (χ0n) is 13.1. The van der Waals surface area contributed by atoms with Gasteiger partial charge in [-0.1, -0.05) is 26.0 Å². The molecule has 0 bridgehead atoms. The van der Waals surface area contributed by atoms with E-state index in [1.807, 2.05) is 19.2 Å². The molecule has 1 unspecified atom stereocenters. The van der Waals surface area contributed by atoms with Crippen molar-refractivity contribution in [2.45, 2.75) is 45.6 Å². The standard InChI is InChI=1S/C18H24FNO/c1-18(2)9-7-12(8-10-18)16(20-3)15-11-13-5-4-6-14(19)17(13)21-15/h4-6,11-12,16,20H,7-10H2,1-3H3. The predicted molar refractivity (Wildman–Crippen MR) is 83.7 cm³/mol. The minimum Gasteiger partial charge on any atom is -0.456 e. The summed E-state index contributed by atoms with van der Waals surface area (Å²) in [6.07, 6.45) is 4.87. The second-order valence-electron chi connectivity index (χ2n) is 7.07. The molecule has 1 aromatic carbocycles. The Morgan fingerprint density at radius 3 is 2.62 bits per heavy atom. The normalized spacial score (nSPS) is 20.8. The van der Waals surface area contributed by atoms with Crippen molar-refractivity contribution in [2.24, 2.45) is 11.3 Å². The molecule has 0 amide bonds. The first-order chi connectivity index (χ1) is 10.00. The smallest absolute Gasteiger partial charge is 0.169 e. The van der Waals surface area contributed by atoms with Gasteiger partial charge in [-0.05, 0) is 56.2 Å². The quantitative estimate of drug-likeness (QED) is 0.855. The summed E-state index contributed by atoms with van der Waals surface area (Å²) in [5, 5.41) is 4.23. The largest absolute Gasteiger partial charge is 0.456 e. The molecule has 1 aliphatic rings. The average molecular weight is 289 g/mol. The van der Waals surface area contributed by atoms with Gasteiger partial charge in [-0.25, -0.2) is 4.39 Å². The Balaban J connectivity index is 1.87. The number of halogens is 1. The summed E-state index contributed by atoms with van der Waals surface area (Å²) in [5.74, 6) is 1.15. The van der Waals surface area contributed by atoms with Crippen LogP contribution in [-0.4, -0.2) is 7.05 Å². The number of para-hydroxylation sites is 1. The van der Waals surface area contributed by atoms with Crippen LogP contribution in [-0.2, 0) is 0 Å². The lowest BCUT2D eigenvalue weighted by atomic mass is 9.71. The summed E-state index contributed by atoms with van der Waals surface area (Å²) in [5.41, 5.74) is 0.832. The maximum atomic E-state index is 13.8. The molecule has 0 saturated heterocycles. The highest BCUT2D eigenvalue weighted by Crippen LogP contribution is 2.43. The van der Waals surface area contributed by atoms with Crippen LogP contribution < -0.4 is 5.32 Å². The van der Waals surface area contributed by atoms with Gasteiger partial charge < -0.3 is 9.73 Å². The van der Waals surface area contributed by atoms with Gasteiger partial charge in [0.25, 0.3) is 0 Å². The first kappa shape index (κ1) is 14.6. The fraction of sp³-hybridized carbons (Fsp3) is 0.556. The number of hydrogen-bond acceptors (Lipinski definition) is 2. The molecular formula is C18H24FNO. The van der Waals surface area contributed by atoms with Gasteiger partial charge in [0.05, 0.1) is 6.04 Å². The van der Waals surface area contributed by atoms with Crippen LogP contribution in [0, 0.1) is 17.2 Å². The summed E-state index contributed by atoms with van der Waals surface area (Å²) in [4.78, 5) is 0. The highest BCUT2D eigenvalue weighted by atomic mass is 19.1. The highest BCUT2D eigenvalue weighted by molar-refractivity contribution is 5.78. The molecule has 1 saturated carbocycles. The van der Waals surface area contributed by atoms with Crippen LogP contribution in [0.5, 0.6) is 0 Å². The molecule has 1 aromatic heterocycles. The molecule has 0 radical (unpaired) electrons. The van der Waals surface area contributed by atoms with E-state index >= 15 is 0 Å². The van der Waals surface area contributed by atoms with Crippen LogP contribution in [0.3, 0.4) is 0 Å². The number of benzene rings is 1. The first-order valence-electron chi connectivity index (χ1n) is 7.85. The van der Waals surface area contributed by atoms with Crippen molar-refractivity contribution in [1.29, 1.82) is 0 Å². The van der Waals surface area contributed by atoms with E-state index < -0.39 is 0 Å². The lowest BCUT2D eigenvalue weighted by molar-refractivity contribution is 0.156. The fourth-order valence-electron chi connectivity index (χ4n) is 3.57. The topological polar surface area (TPSA) is 25.2 Å². The molecule has 1 fully saturated rings. The van der Waals surface area contributed by atoms with Crippen molar-refractivity contribution in [2.75, 3.05) is 7.05 Å². The number of hydrogen-bond donors (Lipinski definition) is 1. The number of rotatable bonds is 3. The third-order valence-corrected chi connectivity index (χ3v) is 4.99. The minimum absolute atomic E-state index is 0.174. The highest BCUT2D eigenvalue weighted by Gasteiger charge is 2.33. The van der Waals surface area contributed by atoms with Crippen LogP contribution >= 0.6 is 0 Å². The number of nitrogens with one attached hydrogen (secondary N) is 1. The van der Waals surface area contributed by atoms with Crippen LogP contribution in [0.1, 0.15) is 51.3 Å². The maximum absolute atomic E-state index is 13.8. The molecule has 114 valence electrons. The van der Waals surface area contributed by atoms with Gasteiger partial charge >= 0.3 is 0 Å². The molecular weight excluding hydrogens is 265 g/mol. The minimum atomic E-state index is -0.279. The van der Waals surface area contributed by atoms with Gasteiger partial charge in [0, 0.05) is 5.39 Å². The Kier molecular flexibility index (Phi) is 3.78. The van der Waals surface area contributed by atoms with Crippen molar-refractivity contribution < 1.29 is 8.81 Å². The molecule has 0 spiro atoms. The van der Waals surface area contributed by atoms with Crippen molar-refractivity contribution in [3.05, 3.63) is 35.8 Å². The molecule has 21 heavy (non-hydrogen) atoms. The van der Waals surface area contributed by atoms with Crippen molar-refractivity contribution in [1.82, 2.24) is 5.32 Å². The van der Waals surface area contributed by atoms with Crippen LogP contribution in [0.4, 0.5) is 4.39 Å². The Morgan fingerprint density at radius 1 is 1.29 bits per heavy atom. The Labute approximate surface area is 125 Å². The first-order valence-corrected chi connectivity index (χ1v) is 7.85. The Hall–Kier alpha value is -1.35. The molecule has 1 atom stereocenters. The van der Waals surface area contributed by atoms with Crippen LogP contribution in [0.25, 0.3) is 11.0 Å². The third kappa shape index (κ3) is 2.84. The van der Waals surface area contributed by atoms with Gasteiger partial charge in [-0.3, -0.25) is 0 Å². The van der Waals surface area contributed by atoms with Gasteiger partial charge in [0.2, 0.25) is 0 Å². The number of furan rings is 1. The SMILES string of the molecule is CNC(c1cc2cccc(F)c2o1)C1CCC(C)(C)CC1. The average Bonchev–Trinajstić information content (AvgIpc) is 2.86. The van der Waals surface area contributed by atoms with E-state index in [0.717, 1.165) is 11.1 Å². The fourth-order valence-corrected chi connectivity index (χ4v) is 3.57. The summed E-state index contributed by atoms with van der Waals surface area (Å²) < 4.78 is 19.6. The molecule has 1 N–H and O–H groups in total. The lowest BCUT2D eigenvalue weighted by Gasteiger charge is -2.37. The van der Waals surface area contributed by atoms with Crippen molar-refractivity contribution in [3.8, 4) is 0 Å². The maximum Gasteiger partial charge on any atom is 0.169 e. The molecule has 0 aliphatic heterocycles. The number of fused-ring (bicyclic) bond motifs is 1. The third-order valence-electron chi connectivity index (χ3n) is 4.99. The summed E-state index contributed by atoms with van der Waals surface area (Å²) in [6, 6.07) is 7.25. The van der Waals surface area contributed by atoms with Gasteiger partial charge in [-0.15, -0.1) is 0 Å². The molecule has 1 heterocycles. The monoisotopic (exact) mass is 289 g/mol. The van der Waals surface area contributed by atoms with E-state index in [-0.39, 0.29) is 11.9 Å². The molecule has 1 aliphatic carbocycles. The van der Waals surface area contributed by atoms with E-state index in [0.29, 0.717) is 16.9 Å². The van der Waals surface area contributed by atoms with Crippen molar-refractivity contribution in [3.63, 3.8) is 0 Å². The lowest BCUT2D eigenvalue weighted by Crippen LogP contribution is -2.30. The van der Waals surface area contributed by atoms with Gasteiger partial charge in [0.1, 0.15) is 5.76 Å². The second kappa shape index (κ2) is 5.45. The Morgan fingerprint density at radius 2 is 2.00 bits per heavy atom. The molecule has 3 heteroatoms. The van der Waals surface area contributed by atoms with E-state index in [1.54, 1.807) is 6.07 Å². The summed E-state index contributed by atoms with van der Waals surface area (Å²) in [6.45, 7) is 4.68. The van der Waals surface area contributed by atoms with Crippen LogP contribution in [0.2, 0.25) is 0 Å². The molecule has 2 nitrogen and oxygen atoms in total. The predicted octanol–water partition coefficient (Wildman–Crippen LogP) is 5.05.